The van der Waals surface area contributed by atoms with Crippen LogP contribution in [0.1, 0.15) is 116 Å². The molecular formula is C55H61Cl2F2N13O8. The second kappa shape index (κ2) is 27.7. The number of anilines is 1. The zero-order valence-electron chi connectivity index (χ0n) is 44.9. The van der Waals surface area contributed by atoms with Gasteiger partial charge in [-0.25, -0.2) is 8.78 Å². The van der Waals surface area contributed by atoms with Gasteiger partial charge in [-0.1, -0.05) is 47.5 Å². The average Bonchev–Trinajstić information content (AvgIpc) is 4.35. The van der Waals surface area contributed by atoms with E-state index in [2.05, 4.69) is 36.2 Å². The molecule has 25 heteroatoms. The number of nitrogens with zero attached hydrogens (tertiary/aromatic N) is 9. The van der Waals surface area contributed by atoms with Gasteiger partial charge < -0.3 is 31.5 Å². The van der Waals surface area contributed by atoms with Crippen LogP contribution >= 0.6 is 23.2 Å². The normalized spacial score (nSPS) is 12.6. The molecule has 2 fully saturated rings. The van der Waals surface area contributed by atoms with Crippen molar-refractivity contribution in [3.05, 3.63) is 133 Å². The Morgan fingerprint density at radius 2 is 1.15 bits per heavy atom. The van der Waals surface area contributed by atoms with E-state index in [1.165, 1.54) is 88.3 Å². The van der Waals surface area contributed by atoms with Crippen LogP contribution in [0.5, 0.6) is 0 Å². The fraction of sp³-hybridized carbons (Fsp3) is 0.382. The average molecular weight is 1140 g/mol. The first-order chi connectivity index (χ1) is 37.9. The fourth-order valence-corrected chi connectivity index (χ4v) is 8.44. The molecule has 6 amide bonds. The fourth-order valence-electron chi connectivity index (χ4n) is 8.06. The van der Waals surface area contributed by atoms with Crippen LogP contribution in [0.3, 0.4) is 0 Å². The number of ketones is 2. The number of carbonyl (C=O) groups is 8. The van der Waals surface area contributed by atoms with Crippen LogP contribution in [0.2, 0.25) is 10.0 Å². The van der Waals surface area contributed by atoms with Gasteiger partial charge in [0, 0.05) is 89.5 Å². The Hall–Kier alpha value is -8.11. The Kier molecular flexibility index (Phi) is 21.1. The van der Waals surface area contributed by atoms with Crippen LogP contribution in [0, 0.1) is 17.6 Å². The van der Waals surface area contributed by atoms with Crippen LogP contribution in [0.25, 0.3) is 32.2 Å². The van der Waals surface area contributed by atoms with Gasteiger partial charge in [-0.15, -0.1) is 0 Å². The minimum Gasteiger partial charge on any atom is -0.350 e. The Morgan fingerprint density at radius 3 is 1.56 bits per heavy atom. The maximum Gasteiger partial charge on any atom is 0.249 e. The second-order valence-corrected chi connectivity index (χ2v) is 20.6. The first kappa shape index (κ1) is 61.1. The van der Waals surface area contributed by atoms with Crippen molar-refractivity contribution in [1.82, 2.24) is 40.0 Å². The van der Waals surface area contributed by atoms with Gasteiger partial charge in [0.15, 0.2) is 11.6 Å². The van der Waals surface area contributed by atoms with Crippen molar-refractivity contribution in [2.75, 3.05) is 18.4 Å². The molecule has 0 spiro atoms. The number of benzene rings is 4. The molecule has 2 aliphatic rings. The molecule has 0 radical (unpaired) electrons. The molecular weight excluding hydrogens is 1080 g/mol. The summed E-state index contributed by atoms with van der Waals surface area (Å²) in [6.45, 7) is 8.51. The molecule has 8 rings (SSSR count). The lowest BCUT2D eigenvalue weighted by Gasteiger charge is -2.26. The zero-order chi connectivity index (χ0) is 58.5. The van der Waals surface area contributed by atoms with E-state index in [9.17, 15) is 47.1 Å². The van der Waals surface area contributed by atoms with Crippen LogP contribution < -0.4 is 21.7 Å². The molecule has 2 aromatic heterocycles. The summed E-state index contributed by atoms with van der Waals surface area (Å²) in [7, 11) is 0. The smallest absolute Gasteiger partial charge is 0.249 e. The number of halogens is 4. The molecule has 422 valence electrons. The van der Waals surface area contributed by atoms with Gasteiger partial charge in [0.1, 0.15) is 36.1 Å². The lowest BCUT2D eigenvalue weighted by Crippen LogP contribution is -2.45. The zero-order valence-corrected chi connectivity index (χ0v) is 46.4. The third kappa shape index (κ3) is 16.7. The highest BCUT2D eigenvalue weighted by Crippen LogP contribution is 2.33. The van der Waals surface area contributed by atoms with E-state index >= 15 is 0 Å². The predicted molar refractivity (Wildman–Crippen MR) is 296 cm³/mol. The van der Waals surface area contributed by atoms with Crippen LogP contribution in [-0.4, -0.2) is 108 Å². The lowest BCUT2D eigenvalue weighted by molar-refractivity contribution is -0.138. The van der Waals surface area contributed by atoms with Crippen LogP contribution in [-0.2, 0) is 50.2 Å². The number of nitrogens with two attached hydrogens (primary N) is 1. The quantitative estimate of drug-likeness (QED) is 0.0243. The lowest BCUT2D eigenvalue weighted by atomic mass is 10.1. The minimum absolute atomic E-state index is 0.0372. The van der Waals surface area contributed by atoms with Gasteiger partial charge in [-0.2, -0.15) is 10.2 Å². The molecule has 21 nitrogen and oxygen atoms in total. The Morgan fingerprint density at radius 1 is 0.700 bits per heavy atom. The molecule has 4 aromatic carbocycles. The van der Waals surface area contributed by atoms with Crippen molar-refractivity contribution < 1.29 is 47.1 Å². The van der Waals surface area contributed by atoms with Crippen molar-refractivity contribution in [1.29, 1.82) is 0 Å². The summed E-state index contributed by atoms with van der Waals surface area (Å²) in [5.41, 5.74) is 16.0. The number of aromatic nitrogens is 4. The topological polar surface area (TPSA) is 290 Å². The largest absolute Gasteiger partial charge is 0.350 e. The van der Waals surface area contributed by atoms with Crippen molar-refractivity contribution in [3.8, 4) is 0 Å². The van der Waals surface area contributed by atoms with E-state index in [0.29, 0.717) is 45.9 Å². The summed E-state index contributed by atoms with van der Waals surface area (Å²) in [6.07, 6.45) is 5.13. The number of rotatable bonds is 20. The first-order valence-corrected chi connectivity index (χ1v) is 26.4. The molecule has 0 aliphatic heterocycles. The van der Waals surface area contributed by atoms with E-state index in [1.54, 1.807) is 58.0 Å². The number of hydrogen-bond donors (Lipinski definition) is 4. The highest BCUT2D eigenvalue weighted by Gasteiger charge is 2.27. The molecule has 0 unspecified atom stereocenters. The Balaban J connectivity index is 0.000000241. The third-order valence-electron chi connectivity index (χ3n) is 12.7. The monoisotopic (exact) mass is 1140 g/mol. The third-order valence-corrected chi connectivity index (χ3v) is 13.3. The molecule has 2 aliphatic carbocycles. The van der Waals surface area contributed by atoms with E-state index in [0.717, 1.165) is 12.8 Å². The van der Waals surface area contributed by atoms with Crippen molar-refractivity contribution in [2.45, 2.75) is 118 Å². The molecule has 5 N–H and O–H groups in total. The first-order valence-electron chi connectivity index (χ1n) is 25.6. The Bertz CT molecular complexity index is 3410. The SMILES string of the molecule is CC(=O)c1nn(CC(=O)N(CC(=O)NCc2cccc(Cl)c2F)C(C)C)c2ccc(C(=O)N=[N+]=[N-])cc12.CC(=O)c1nn(CC(=O)N(CC(=O)NCc2cccc(Cl)c2F)C(C)C)c2ccc(NC(=O)CC3CC3)cc12.NC1CC1. The molecule has 0 bridgehead atoms. The summed E-state index contributed by atoms with van der Waals surface area (Å²) in [6, 6.07) is 18.3. The molecule has 2 heterocycles. The number of amides is 6. The molecule has 80 heavy (non-hydrogen) atoms. The van der Waals surface area contributed by atoms with Crippen molar-refractivity contribution in [3.63, 3.8) is 0 Å². The molecule has 0 atom stereocenters. The minimum atomic E-state index is -0.822. The highest BCUT2D eigenvalue weighted by molar-refractivity contribution is 6.31. The molecule has 2 saturated carbocycles. The second-order valence-electron chi connectivity index (χ2n) is 19.8. The summed E-state index contributed by atoms with van der Waals surface area (Å²) in [5.74, 6) is -4.15. The maximum absolute atomic E-state index is 14.1. The number of Topliss-reactive ketones (excluding diaryl/α,β-unsaturated/α-hetero) is 2. The van der Waals surface area contributed by atoms with Gasteiger partial charge in [-0.05, 0) is 118 Å². The van der Waals surface area contributed by atoms with Gasteiger partial charge in [-0.3, -0.25) is 47.7 Å². The van der Waals surface area contributed by atoms with Crippen LogP contribution in [0.15, 0.2) is 77.9 Å². The summed E-state index contributed by atoms with van der Waals surface area (Å²) in [4.78, 5) is 105. The summed E-state index contributed by atoms with van der Waals surface area (Å²) < 4.78 is 31.0. The van der Waals surface area contributed by atoms with Crippen molar-refractivity contribution in [2.24, 2.45) is 16.8 Å². The number of fused-ring (bicyclic) bond motifs is 2. The van der Waals surface area contributed by atoms with Gasteiger partial charge in [0.05, 0.1) is 34.2 Å². The van der Waals surface area contributed by atoms with Crippen molar-refractivity contribution >= 4 is 97.7 Å². The number of carbonyl (C=O) groups excluding carboxylic acids is 8. The van der Waals surface area contributed by atoms with Gasteiger partial charge >= 0.3 is 0 Å². The van der Waals surface area contributed by atoms with Gasteiger partial charge in [0.25, 0.3) is 0 Å². The highest BCUT2D eigenvalue weighted by atomic mass is 35.5. The van der Waals surface area contributed by atoms with E-state index in [1.807, 2.05) is 0 Å². The van der Waals surface area contributed by atoms with Crippen LogP contribution in [0.4, 0.5) is 14.5 Å². The van der Waals surface area contributed by atoms with E-state index in [-0.39, 0.29) is 107 Å². The Labute approximate surface area is 469 Å². The standard InChI is InChI=1S/C28H31ClFN5O4.C24H23ClFN7O4.C3H7N/c1-16(2)34(14-25(38)31-13-19-5-4-6-22(29)27(19)30)26(39)15-35-23-10-9-20(32-24(37)11-18-7-8-18)12-21(23)28(33-35)17(3)36;1-13(2)32(11-20(35)28-10-16-5-4-6-18(25)22(16)26)21(36)12-33-19-8-7-15(24(37)29-31-27)9-17(19)23(30-33)14(3)34;4-3-1-2-3/h4-6,9-10,12,16,18H,7-8,11,13-15H2,1-3H3,(H,31,38)(H,32,37);4-9,13H,10-12H2,1-3H3,(H,28,35);3H,1-2,4H2. The number of nitrogens with one attached hydrogen (secondary N) is 3. The number of azide groups is 1. The number of hydrogen-bond acceptors (Lipinski definition) is 11. The summed E-state index contributed by atoms with van der Waals surface area (Å²) in [5, 5.41) is 20.5. The summed E-state index contributed by atoms with van der Waals surface area (Å²) >= 11 is 11.6. The molecule has 6 aromatic rings. The predicted octanol–water partition coefficient (Wildman–Crippen LogP) is 8.47. The molecule has 0 saturated heterocycles. The van der Waals surface area contributed by atoms with Gasteiger partial charge in [0.2, 0.25) is 35.4 Å². The maximum atomic E-state index is 14.1. The van der Waals surface area contributed by atoms with E-state index < -0.39 is 41.0 Å². The van der Waals surface area contributed by atoms with E-state index in [4.69, 9.17) is 34.5 Å².